The first kappa shape index (κ1) is 84.4. The van der Waals surface area contributed by atoms with Crippen molar-refractivity contribution in [3.05, 3.63) is 108 Å². The van der Waals surface area contributed by atoms with Gasteiger partial charge in [-0.15, -0.1) is 0 Å². The van der Waals surface area contributed by atoms with Gasteiger partial charge in [-0.2, -0.15) is 0 Å². The van der Waals surface area contributed by atoms with Gasteiger partial charge >= 0.3 is 0 Å². The van der Waals surface area contributed by atoms with Crippen molar-refractivity contribution in [2.75, 3.05) is 76.0 Å². The van der Waals surface area contributed by atoms with E-state index in [-0.39, 0.29) is 49.8 Å². The lowest BCUT2D eigenvalue weighted by Crippen LogP contribution is -2.62. The van der Waals surface area contributed by atoms with Crippen LogP contribution in [0.25, 0.3) is 0 Å². The summed E-state index contributed by atoms with van der Waals surface area (Å²) in [6.45, 7) is 16.6. The van der Waals surface area contributed by atoms with Crippen LogP contribution in [0, 0.1) is 17.8 Å². The van der Waals surface area contributed by atoms with E-state index in [1.54, 1.807) is 117 Å². The van der Waals surface area contributed by atoms with E-state index in [0.29, 0.717) is 29.8 Å². The average molecular weight is 1430 g/mol. The van der Waals surface area contributed by atoms with E-state index in [1.807, 2.05) is 27.7 Å². The minimum Gasteiger partial charge on any atom is -0.391 e. The number of rotatable bonds is 19. The van der Waals surface area contributed by atoms with Crippen molar-refractivity contribution < 1.29 is 67.4 Å². The molecule has 0 unspecified atom stereocenters. The van der Waals surface area contributed by atoms with Crippen molar-refractivity contribution in [2.24, 2.45) is 17.8 Å². The molecule has 0 spiro atoms. The van der Waals surface area contributed by atoms with Crippen molar-refractivity contribution in [3.8, 4) is 0 Å². The van der Waals surface area contributed by atoms with Gasteiger partial charge in [0.05, 0.1) is 19.1 Å². The summed E-state index contributed by atoms with van der Waals surface area (Å²) in [6.07, 6.45) is 0.0719. The highest BCUT2D eigenvalue weighted by molar-refractivity contribution is 6.01. The molecule has 5 rings (SSSR count). The van der Waals surface area contributed by atoms with Crippen LogP contribution in [-0.2, 0) is 81.6 Å². The summed E-state index contributed by atoms with van der Waals surface area (Å²) in [7, 11) is 10.8. The Hall–Kier alpha value is -9.27. The number of likely N-dealkylation sites (N-methyl/N-ethyl adjacent to an activating group) is 8. The minimum absolute atomic E-state index is 0.0136. The number of piperidine rings is 1. The highest BCUT2D eigenvalue weighted by Crippen LogP contribution is 2.23. The summed E-state index contributed by atoms with van der Waals surface area (Å²) in [5.74, 6) is -11.1. The van der Waals surface area contributed by atoms with Gasteiger partial charge in [-0.25, -0.2) is 0 Å². The quantitative estimate of drug-likeness (QED) is 0.115. The second-order valence-electron chi connectivity index (χ2n) is 29.0. The first-order valence-corrected chi connectivity index (χ1v) is 35.8. The molecule has 2 aliphatic rings. The number of nitrogens with one attached hydrogen (secondary N) is 4. The van der Waals surface area contributed by atoms with Gasteiger partial charge in [-0.05, 0) is 94.2 Å². The molecule has 27 heteroatoms. The topological polar surface area (TPSA) is 319 Å². The first-order valence-electron chi connectivity index (χ1n) is 35.8. The largest absolute Gasteiger partial charge is 0.391 e. The summed E-state index contributed by atoms with van der Waals surface area (Å²) < 4.78 is 0. The zero-order valence-corrected chi connectivity index (χ0v) is 63.6. The molecule has 2 saturated heterocycles. The minimum atomic E-state index is -1.87. The highest BCUT2D eigenvalue weighted by Gasteiger charge is 2.44. The van der Waals surface area contributed by atoms with Crippen LogP contribution in [0.15, 0.2) is 91.0 Å². The summed E-state index contributed by atoms with van der Waals surface area (Å²) >= 11 is 0. The number of carbonyl (C=O) groups excluding carboxylic acids is 13. The molecule has 2 aliphatic heterocycles. The van der Waals surface area contributed by atoms with Crippen LogP contribution in [0.2, 0.25) is 0 Å². The van der Waals surface area contributed by atoms with Gasteiger partial charge in [-0.3, -0.25) is 62.3 Å². The molecule has 0 aliphatic carbocycles. The van der Waals surface area contributed by atoms with Crippen molar-refractivity contribution in [2.45, 2.75) is 200 Å². The molecule has 0 radical (unpaired) electrons. The van der Waals surface area contributed by atoms with Gasteiger partial charge in [0.15, 0.2) is 0 Å². The number of aliphatic hydroxyl groups excluding tert-OH is 1. The molecule has 566 valence electrons. The number of nitrogens with zero attached hydrogens (tertiary/aromatic N) is 9. The van der Waals surface area contributed by atoms with Crippen molar-refractivity contribution in [1.29, 1.82) is 0 Å². The Labute approximate surface area is 608 Å². The smallest absolute Gasteiger partial charge is 0.248 e. The fourth-order valence-corrected chi connectivity index (χ4v) is 12.9. The van der Waals surface area contributed by atoms with Crippen molar-refractivity contribution in [1.82, 2.24) is 65.4 Å². The molecule has 3 aromatic rings. The molecule has 27 nitrogen and oxygen atoms in total. The fourth-order valence-electron chi connectivity index (χ4n) is 12.9. The van der Waals surface area contributed by atoms with Crippen LogP contribution < -0.4 is 21.3 Å². The van der Waals surface area contributed by atoms with Gasteiger partial charge in [0.25, 0.3) is 0 Å². The molecule has 12 atom stereocenters. The maximum atomic E-state index is 15.9. The van der Waals surface area contributed by atoms with E-state index >= 15 is 24.0 Å². The molecule has 103 heavy (non-hydrogen) atoms. The van der Waals surface area contributed by atoms with Gasteiger partial charge < -0.3 is 70.5 Å². The van der Waals surface area contributed by atoms with Crippen molar-refractivity contribution >= 4 is 76.8 Å². The lowest BCUT2D eigenvalue weighted by Gasteiger charge is -2.38. The van der Waals surface area contributed by atoms with E-state index in [9.17, 15) is 43.5 Å². The second-order valence-corrected chi connectivity index (χ2v) is 29.0. The van der Waals surface area contributed by atoms with Crippen LogP contribution in [0.5, 0.6) is 0 Å². The predicted octanol–water partition coefficient (Wildman–Crippen LogP) is 2.51. The lowest BCUT2D eigenvalue weighted by atomic mass is 9.97. The molecule has 5 N–H and O–H groups in total. The molecule has 3 aromatic carbocycles. The number of benzene rings is 3. The van der Waals surface area contributed by atoms with Crippen LogP contribution in [0.4, 0.5) is 0 Å². The Balaban J connectivity index is 1.67. The standard InChI is InChI=1S/C76H113N13O14/c1-46(2)39-57-67(94)80-65(52(10)90)76(103)83(13)51(9)72(99)85(15)58(40-47(3)4)68(95)79-64(48(5)6)69(96)78-56(44-62(91)82(12)50(8)71(98)87(17)60(42-54-33-25-20-26-34-54)74(101)81(11)45-63(92)84(57)14)73(100)88(18)61(43-55-35-27-21-28-36-55)75(102)86(16)59(41-53-31-23-19-24-32-53)66(93)77-49(7)70(97)89-37-29-22-30-38-89/h19-21,23-28,31-36,46-52,56-61,64-65,90H,22,29-30,37-45H2,1-18H3,(H,77,93)(H,78,96)(H,79,95)(H,80,94)/t49-,50+,51-,52+,56-,57-,58-,59-,60-,61-,64-,65-/m0/s1. The van der Waals surface area contributed by atoms with Crippen LogP contribution in [0.1, 0.15) is 124 Å². The molecule has 13 amide bonds. The Morgan fingerprint density at radius 1 is 0.515 bits per heavy atom. The monoisotopic (exact) mass is 1430 g/mol. The van der Waals surface area contributed by atoms with E-state index in [0.717, 1.165) is 53.6 Å². The van der Waals surface area contributed by atoms with E-state index in [1.165, 1.54) is 82.1 Å². The maximum Gasteiger partial charge on any atom is 0.248 e. The first-order chi connectivity index (χ1) is 48.4. The number of likely N-dealkylation sites (tertiary alicyclic amines) is 1. The Morgan fingerprint density at radius 3 is 1.46 bits per heavy atom. The average Bonchev–Trinajstić information content (AvgIpc) is 0.768. The summed E-state index contributed by atoms with van der Waals surface area (Å²) in [6, 6.07) is 11.1. The number of amides is 13. The molecular formula is C76H113N13O14. The summed E-state index contributed by atoms with van der Waals surface area (Å²) in [5, 5.41) is 22.2. The number of hydrogen-bond donors (Lipinski definition) is 5. The second kappa shape index (κ2) is 38.8. The highest BCUT2D eigenvalue weighted by atomic mass is 16.3. The molecule has 2 fully saturated rings. The molecular weight excluding hydrogens is 1320 g/mol. The van der Waals surface area contributed by atoms with E-state index < -0.39 is 162 Å². The normalized spacial score (nSPS) is 23.2. The van der Waals surface area contributed by atoms with Gasteiger partial charge in [0, 0.05) is 88.7 Å². The van der Waals surface area contributed by atoms with Crippen LogP contribution in [-0.4, -0.2) is 275 Å². The van der Waals surface area contributed by atoms with Crippen LogP contribution >= 0.6 is 0 Å². The zero-order valence-electron chi connectivity index (χ0n) is 63.6. The molecule has 0 aromatic heterocycles. The third-order valence-corrected chi connectivity index (χ3v) is 19.9. The van der Waals surface area contributed by atoms with Gasteiger partial charge in [0.2, 0.25) is 76.8 Å². The zero-order chi connectivity index (χ0) is 77.0. The lowest BCUT2D eigenvalue weighted by molar-refractivity contribution is -0.152. The predicted molar refractivity (Wildman–Crippen MR) is 389 cm³/mol. The molecule has 0 bridgehead atoms. The van der Waals surface area contributed by atoms with Gasteiger partial charge in [-0.1, -0.05) is 133 Å². The third kappa shape index (κ3) is 22.9. The fraction of sp³-hybridized carbons (Fsp3) is 0.592. The number of carbonyl (C=O) groups is 13. The molecule has 0 saturated carbocycles. The Bertz CT molecular complexity index is 3430. The maximum absolute atomic E-state index is 15.9. The Kier molecular flexibility index (Phi) is 31.8. The Morgan fingerprint density at radius 2 is 0.971 bits per heavy atom. The van der Waals surface area contributed by atoms with Crippen LogP contribution in [0.3, 0.4) is 0 Å². The number of hydrogen-bond acceptors (Lipinski definition) is 14. The number of aliphatic hydroxyl groups is 1. The van der Waals surface area contributed by atoms with Crippen molar-refractivity contribution in [3.63, 3.8) is 0 Å². The SMILES string of the molecule is CC(C)C[C@H]1C(=O)N[C@@H]([C@@H](C)O)C(=O)N(C)[C@@H](C)C(=O)N(C)[C@@H](CC(C)C)C(=O)N[C@@H](C(C)C)C(=O)N[C@H](C(=O)N(C)[C@@H](Cc2ccccc2)C(=O)N(C)[C@@H](Cc2ccccc2)C(=O)N[C@@H](C)C(=O)N2CCCCC2)CC(=O)N(C)[C@H](C)C(=O)N(C)[C@@H](Cc2ccccc2)C(=O)N(C)CC(=O)N1C. The molecule has 2 heterocycles. The van der Waals surface area contributed by atoms with Gasteiger partial charge in [0.1, 0.15) is 66.5 Å². The van der Waals surface area contributed by atoms with E-state index in [4.69, 9.17) is 0 Å². The summed E-state index contributed by atoms with van der Waals surface area (Å²) in [5.41, 5.74) is 1.88. The third-order valence-electron chi connectivity index (χ3n) is 19.9. The summed E-state index contributed by atoms with van der Waals surface area (Å²) in [4.78, 5) is 204. The van der Waals surface area contributed by atoms with E-state index in [2.05, 4.69) is 21.3 Å².